The molecule has 0 aromatic heterocycles. The summed E-state index contributed by atoms with van der Waals surface area (Å²) in [5.74, 6) is 0.843. The van der Waals surface area contributed by atoms with E-state index in [4.69, 9.17) is 21.7 Å². The first-order chi connectivity index (χ1) is 17.7. The summed E-state index contributed by atoms with van der Waals surface area (Å²) in [6.45, 7) is 11.1. The highest BCUT2D eigenvalue weighted by molar-refractivity contribution is 7.80. The van der Waals surface area contributed by atoms with Crippen molar-refractivity contribution in [3.63, 3.8) is 0 Å². The predicted octanol–water partition coefficient (Wildman–Crippen LogP) is 5.17. The molecular formula is C29H42N4O2S. The van der Waals surface area contributed by atoms with Gasteiger partial charge < -0.3 is 24.6 Å². The van der Waals surface area contributed by atoms with Gasteiger partial charge in [0, 0.05) is 57.2 Å². The molecule has 2 aromatic carbocycles. The third-order valence-electron chi connectivity index (χ3n) is 7.15. The number of unbranched alkanes of at least 4 members (excludes halogenated alkanes) is 1. The number of hydrogen-bond donors (Lipinski definition) is 1. The number of ether oxygens (including phenoxy) is 2. The Balaban J connectivity index is 1.43. The quantitative estimate of drug-likeness (QED) is 0.418. The molecule has 0 spiro atoms. The Morgan fingerprint density at radius 2 is 1.86 bits per heavy atom. The number of aryl methyl sites for hydroxylation is 1. The molecule has 0 saturated carbocycles. The van der Waals surface area contributed by atoms with Crippen molar-refractivity contribution in [3.05, 3.63) is 53.6 Å². The van der Waals surface area contributed by atoms with Crippen LogP contribution in [0.5, 0.6) is 5.75 Å². The van der Waals surface area contributed by atoms with E-state index in [1.54, 1.807) is 7.11 Å². The molecule has 1 N–H and O–H groups in total. The number of anilines is 2. The Morgan fingerprint density at radius 3 is 2.61 bits per heavy atom. The fourth-order valence-electron chi connectivity index (χ4n) is 5.07. The third kappa shape index (κ3) is 7.58. The maximum Gasteiger partial charge on any atom is 0.173 e. The lowest BCUT2D eigenvalue weighted by Crippen LogP contribution is -2.40. The van der Waals surface area contributed by atoms with E-state index in [0.29, 0.717) is 0 Å². The molecule has 0 aliphatic carbocycles. The molecule has 36 heavy (non-hydrogen) atoms. The van der Waals surface area contributed by atoms with Crippen molar-refractivity contribution in [1.82, 2.24) is 9.80 Å². The average Bonchev–Trinajstić information content (AvgIpc) is 2.92. The van der Waals surface area contributed by atoms with Crippen LogP contribution in [0.15, 0.2) is 42.5 Å². The monoisotopic (exact) mass is 510 g/mol. The highest BCUT2D eigenvalue weighted by Gasteiger charge is 2.19. The highest BCUT2D eigenvalue weighted by Crippen LogP contribution is 2.29. The zero-order chi connectivity index (χ0) is 25.2. The van der Waals surface area contributed by atoms with Crippen LogP contribution in [0.3, 0.4) is 0 Å². The average molecular weight is 511 g/mol. The van der Waals surface area contributed by atoms with Crippen molar-refractivity contribution >= 4 is 28.7 Å². The molecule has 0 unspecified atom stereocenters. The smallest absolute Gasteiger partial charge is 0.173 e. The second kappa shape index (κ2) is 13.8. The van der Waals surface area contributed by atoms with E-state index in [0.717, 1.165) is 81.9 Å². The maximum absolute atomic E-state index is 5.92. The SMILES string of the molecule is CCCCN1CCCc2cc(CN(CCCN3CCOCC3)C(=S)Nc3ccc(OC)cc3)ccc21. The summed E-state index contributed by atoms with van der Waals surface area (Å²) in [4.78, 5) is 7.38. The Kier molecular flexibility index (Phi) is 10.3. The van der Waals surface area contributed by atoms with Gasteiger partial charge in [-0.3, -0.25) is 4.90 Å². The molecule has 1 saturated heterocycles. The second-order valence-corrected chi connectivity index (χ2v) is 10.2. The first kappa shape index (κ1) is 26.7. The van der Waals surface area contributed by atoms with Crippen LogP contribution in [0.4, 0.5) is 11.4 Å². The summed E-state index contributed by atoms with van der Waals surface area (Å²) in [5.41, 5.74) is 5.22. The number of methoxy groups -OCH3 is 1. The van der Waals surface area contributed by atoms with E-state index < -0.39 is 0 Å². The van der Waals surface area contributed by atoms with Gasteiger partial charge in [-0.25, -0.2) is 0 Å². The summed E-state index contributed by atoms with van der Waals surface area (Å²) < 4.78 is 10.8. The topological polar surface area (TPSA) is 40.2 Å². The lowest BCUT2D eigenvalue weighted by Gasteiger charge is -2.32. The molecule has 4 rings (SSSR count). The van der Waals surface area contributed by atoms with Gasteiger partial charge in [0.05, 0.1) is 20.3 Å². The number of nitrogens with one attached hydrogen (secondary N) is 1. The molecule has 0 amide bonds. The van der Waals surface area contributed by atoms with Gasteiger partial charge in [0.15, 0.2) is 5.11 Å². The normalized spacial score (nSPS) is 15.9. The van der Waals surface area contributed by atoms with Crippen LogP contribution < -0.4 is 15.0 Å². The molecule has 1 fully saturated rings. The molecule has 2 aliphatic heterocycles. The molecule has 0 bridgehead atoms. The molecule has 2 heterocycles. The van der Waals surface area contributed by atoms with Gasteiger partial charge >= 0.3 is 0 Å². The van der Waals surface area contributed by atoms with Gasteiger partial charge in [-0.2, -0.15) is 0 Å². The van der Waals surface area contributed by atoms with Crippen LogP contribution in [-0.4, -0.2) is 74.5 Å². The van der Waals surface area contributed by atoms with Crippen LogP contribution in [0.25, 0.3) is 0 Å². The van der Waals surface area contributed by atoms with Gasteiger partial charge in [0.1, 0.15) is 5.75 Å². The van der Waals surface area contributed by atoms with E-state index in [-0.39, 0.29) is 0 Å². The first-order valence-electron chi connectivity index (χ1n) is 13.5. The summed E-state index contributed by atoms with van der Waals surface area (Å²) >= 11 is 5.92. The third-order valence-corrected chi connectivity index (χ3v) is 7.51. The standard InChI is InChI=1S/C29H42N4O2S/c1-3-4-15-32-16-5-7-25-22-24(8-13-28(25)32)23-33(17-6-14-31-18-20-35-21-19-31)29(36)30-26-9-11-27(34-2)12-10-26/h8-13,22H,3-7,14-21,23H2,1-2H3,(H,30,36). The van der Waals surface area contributed by atoms with Crippen LogP contribution >= 0.6 is 12.2 Å². The molecule has 0 radical (unpaired) electrons. The first-order valence-corrected chi connectivity index (χ1v) is 13.9. The number of benzene rings is 2. The van der Waals surface area contributed by atoms with E-state index >= 15 is 0 Å². The minimum atomic E-state index is 0.768. The van der Waals surface area contributed by atoms with Crippen LogP contribution in [0.1, 0.15) is 43.7 Å². The number of hydrogen-bond acceptors (Lipinski definition) is 5. The van der Waals surface area contributed by atoms with Crippen molar-refractivity contribution in [2.24, 2.45) is 0 Å². The molecule has 2 aromatic rings. The molecule has 6 nitrogen and oxygen atoms in total. The van der Waals surface area contributed by atoms with Crippen molar-refractivity contribution in [2.45, 2.75) is 45.6 Å². The lowest BCUT2D eigenvalue weighted by atomic mass is 9.98. The maximum atomic E-state index is 5.92. The van der Waals surface area contributed by atoms with Crippen molar-refractivity contribution < 1.29 is 9.47 Å². The predicted molar refractivity (Wildman–Crippen MR) is 153 cm³/mol. The Bertz CT molecular complexity index is 962. The van der Waals surface area contributed by atoms with Crippen molar-refractivity contribution in [3.8, 4) is 5.75 Å². The number of morpholine rings is 1. The van der Waals surface area contributed by atoms with E-state index in [9.17, 15) is 0 Å². The van der Waals surface area contributed by atoms with Crippen molar-refractivity contribution in [2.75, 3.05) is 69.8 Å². The molecule has 2 aliphatic rings. The Hall–Kier alpha value is -2.35. The van der Waals surface area contributed by atoms with E-state index in [1.165, 1.54) is 42.6 Å². The van der Waals surface area contributed by atoms with Gasteiger partial charge in [-0.15, -0.1) is 0 Å². The number of fused-ring (bicyclic) bond motifs is 1. The second-order valence-electron chi connectivity index (χ2n) is 9.79. The fourth-order valence-corrected chi connectivity index (χ4v) is 5.34. The van der Waals surface area contributed by atoms with Gasteiger partial charge in [0.2, 0.25) is 0 Å². The molecular weight excluding hydrogens is 468 g/mol. The van der Waals surface area contributed by atoms with Crippen LogP contribution in [0, 0.1) is 0 Å². The molecule has 7 heteroatoms. The van der Waals surface area contributed by atoms with Crippen molar-refractivity contribution in [1.29, 1.82) is 0 Å². The van der Waals surface area contributed by atoms with Crippen LogP contribution in [-0.2, 0) is 17.7 Å². The zero-order valence-corrected chi connectivity index (χ0v) is 22.8. The van der Waals surface area contributed by atoms with Gasteiger partial charge in [-0.1, -0.05) is 25.5 Å². The lowest BCUT2D eigenvalue weighted by molar-refractivity contribution is 0.0368. The van der Waals surface area contributed by atoms with E-state index in [2.05, 4.69) is 45.1 Å². The zero-order valence-electron chi connectivity index (χ0n) is 22.0. The molecule has 196 valence electrons. The number of thiocarbonyl (C=S) groups is 1. The van der Waals surface area contributed by atoms with Gasteiger partial charge in [0.25, 0.3) is 0 Å². The summed E-state index contributed by atoms with van der Waals surface area (Å²) in [6, 6.07) is 15.0. The Labute approximate surface area is 222 Å². The Morgan fingerprint density at radius 1 is 1.06 bits per heavy atom. The van der Waals surface area contributed by atoms with E-state index in [1.807, 2.05) is 24.3 Å². The minimum Gasteiger partial charge on any atom is -0.497 e. The van der Waals surface area contributed by atoms with Crippen LogP contribution in [0.2, 0.25) is 0 Å². The highest BCUT2D eigenvalue weighted by atomic mass is 32.1. The number of nitrogens with zero attached hydrogens (tertiary/aromatic N) is 3. The summed E-state index contributed by atoms with van der Waals surface area (Å²) in [7, 11) is 1.69. The summed E-state index contributed by atoms with van der Waals surface area (Å²) in [5, 5.41) is 4.22. The fraction of sp³-hybridized carbons (Fsp3) is 0.552. The largest absolute Gasteiger partial charge is 0.497 e. The van der Waals surface area contributed by atoms with Gasteiger partial charge in [-0.05, 0) is 79.4 Å². The summed E-state index contributed by atoms with van der Waals surface area (Å²) in [6.07, 6.45) is 5.96. The molecule has 0 atom stereocenters. The minimum absolute atomic E-state index is 0.768. The number of rotatable bonds is 11.